The van der Waals surface area contributed by atoms with Crippen molar-refractivity contribution in [3.05, 3.63) is 21.3 Å². The lowest BCUT2D eigenvalue weighted by molar-refractivity contribution is -0.189. The van der Waals surface area contributed by atoms with E-state index in [1.807, 2.05) is 13.0 Å². The molecule has 1 aromatic heterocycles. The quantitative estimate of drug-likeness (QED) is 0.811. The lowest BCUT2D eigenvalue weighted by Gasteiger charge is -2.35. The predicted octanol–water partition coefficient (Wildman–Crippen LogP) is 5.17. The standard InChI is InChI=1S/C13H17ClF3NS/c1-8(11-6-7-12(14)19-11)18-10-5-3-2-4-9(10)13(15,16)17/h6-10,18H,2-5H2,1H3. The molecule has 0 radical (unpaired) electrons. The topological polar surface area (TPSA) is 12.0 Å². The molecule has 0 aromatic carbocycles. The van der Waals surface area contributed by atoms with Crippen LogP contribution in [0.15, 0.2) is 12.1 Å². The molecule has 0 saturated heterocycles. The Balaban J connectivity index is 2.03. The van der Waals surface area contributed by atoms with Gasteiger partial charge in [-0.05, 0) is 31.9 Å². The van der Waals surface area contributed by atoms with E-state index in [0.29, 0.717) is 17.2 Å². The first kappa shape index (κ1) is 15.1. The third kappa shape index (κ3) is 3.86. The van der Waals surface area contributed by atoms with Crippen LogP contribution in [0, 0.1) is 5.92 Å². The normalized spacial score (nSPS) is 26.4. The van der Waals surface area contributed by atoms with Crippen LogP contribution < -0.4 is 5.32 Å². The van der Waals surface area contributed by atoms with Gasteiger partial charge in [0.25, 0.3) is 0 Å². The highest BCUT2D eigenvalue weighted by atomic mass is 35.5. The summed E-state index contributed by atoms with van der Waals surface area (Å²) in [5.41, 5.74) is 0. The van der Waals surface area contributed by atoms with Gasteiger partial charge in [0.1, 0.15) is 0 Å². The van der Waals surface area contributed by atoms with E-state index >= 15 is 0 Å². The summed E-state index contributed by atoms with van der Waals surface area (Å²) in [6.07, 6.45) is -1.75. The maximum Gasteiger partial charge on any atom is 0.393 e. The average molecular weight is 312 g/mol. The fraction of sp³-hybridized carbons (Fsp3) is 0.692. The molecule has 1 aromatic rings. The first-order valence-electron chi connectivity index (χ1n) is 6.46. The Bertz CT molecular complexity index is 418. The minimum Gasteiger partial charge on any atom is -0.306 e. The Labute approximate surface area is 120 Å². The molecular formula is C13H17ClF3NS. The van der Waals surface area contributed by atoms with Crippen LogP contribution in [0.2, 0.25) is 4.34 Å². The Morgan fingerprint density at radius 2 is 2.00 bits per heavy atom. The zero-order valence-electron chi connectivity index (χ0n) is 10.6. The van der Waals surface area contributed by atoms with Crippen LogP contribution >= 0.6 is 22.9 Å². The SMILES string of the molecule is CC(NC1CCCCC1C(F)(F)F)c1ccc(Cl)s1. The van der Waals surface area contributed by atoms with Crippen molar-refractivity contribution in [1.82, 2.24) is 5.32 Å². The highest BCUT2D eigenvalue weighted by Crippen LogP contribution is 2.39. The van der Waals surface area contributed by atoms with Crippen molar-refractivity contribution in [2.45, 2.75) is 50.9 Å². The highest BCUT2D eigenvalue weighted by molar-refractivity contribution is 7.16. The van der Waals surface area contributed by atoms with Gasteiger partial charge in [-0.25, -0.2) is 0 Å². The van der Waals surface area contributed by atoms with Crippen LogP contribution in [-0.4, -0.2) is 12.2 Å². The molecule has 19 heavy (non-hydrogen) atoms. The van der Waals surface area contributed by atoms with Crippen LogP contribution in [0.1, 0.15) is 43.5 Å². The van der Waals surface area contributed by atoms with Crippen LogP contribution in [0.25, 0.3) is 0 Å². The Kier molecular flexibility index (Phi) is 4.79. The monoisotopic (exact) mass is 311 g/mol. The van der Waals surface area contributed by atoms with Crippen molar-refractivity contribution in [1.29, 1.82) is 0 Å². The van der Waals surface area contributed by atoms with Gasteiger partial charge in [0, 0.05) is 17.0 Å². The number of alkyl halides is 3. The van der Waals surface area contributed by atoms with Crippen LogP contribution in [-0.2, 0) is 0 Å². The van der Waals surface area contributed by atoms with Gasteiger partial charge in [-0.15, -0.1) is 11.3 Å². The molecule has 1 fully saturated rings. The zero-order valence-corrected chi connectivity index (χ0v) is 12.2. The average Bonchev–Trinajstić information content (AvgIpc) is 2.75. The van der Waals surface area contributed by atoms with Crippen molar-refractivity contribution < 1.29 is 13.2 Å². The van der Waals surface area contributed by atoms with E-state index in [4.69, 9.17) is 11.6 Å². The van der Waals surface area contributed by atoms with Gasteiger partial charge in [0.2, 0.25) is 0 Å². The van der Waals surface area contributed by atoms with E-state index in [0.717, 1.165) is 11.3 Å². The zero-order chi connectivity index (χ0) is 14.0. The van der Waals surface area contributed by atoms with Gasteiger partial charge in [-0.2, -0.15) is 13.2 Å². The molecule has 0 bridgehead atoms. The summed E-state index contributed by atoms with van der Waals surface area (Å²) in [6, 6.07) is 3.08. The second-order valence-corrected chi connectivity index (χ2v) is 6.82. The van der Waals surface area contributed by atoms with E-state index in [1.165, 1.54) is 11.3 Å². The number of hydrogen-bond acceptors (Lipinski definition) is 2. The van der Waals surface area contributed by atoms with E-state index < -0.39 is 18.1 Å². The number of rotatable bonds is 3. The minimum absolute atomic E-state index is 0.0922. The molecule has 1 heterocycles. The molecule has 108 valence electrons. The second kappa shape index (κ2) is 6.02. The smallest absolute Gasteiger partial charge is 0.306 e. The van der Waals surface area contributed by atoms with E-state index in [9.17, 15) is 13.2 Å². The summed E-state index contributed by atoms with van der Waals surface area (Å²) in [5, 5.41) is 3.14. The molecule has 0 spiro atoms. The van der Waals surface area contributed by atoms with Gasteiger partial charge in [-0.1, -0.05) is 24.4 Å². The second-order valence-electron chi connectivity index (χ2n) is 5.07. The summed E-state index contributed by atoms with van der Waals surface area (Å²) in [6.45, 7) is 1.89. The van der Waals surface area contributed by atoms with Crippen molar-refractivity contribution in [3.8, 4) is 0 Å². The van der Waals surface area contributed by atoms with E-state index in [-0.39, 0.29) is 12.5 Å². The first-order valence-corrected chi connectivity index (χ1v) is 7.65. The maximum atomic E-state index is 13.0. The van der Waals surface area contributed by atoms with Crippen molar-refractivity contribution in [3.63, 3.8) is 0 Å². The molecule has 1 saturated carbocycles. The summed E-state index contributed by atoms with van der Waals surface area (Å²) < 4.78 is 39.6. The van der Waals surface area contributed by atoms with Crippen LogP contribution in [0.4, 0.5) is 13.2 Å². The highest BCUT2D eigenvalue weighted by Gasteiger charge is 2.45. The fourth-order valence-corrected chi connectivity index (χ4v) is 3.76. The number of hydrogen-bond donors (Lipinski definition) is 1. The van der Waals surface area contributed by atoms with Crippen molar-refractivity contribution >= 4 is 22.9 Å². The van der Waals surface area contributed by atoms with Crippen molar-refractivity contribution in [2.75, 3.05) is 0 Å². The molecule has 3 unspecified atom stereocenters. The van der Waals surface area contributed by atoms with Gasteiger partial charge in [0.05, 0.1) is 10.3 Å². The van der Waals surface area contributed by atoms with E-state index in [1.54, 1.807) is 6.07 Å². The molecule has 1 aliphatic rings. The van der Waals surface area contributed by atoms with Crippen LogP contribution in [0.3, 0.4) is 0 Å². The molecule has 0 aliphatic heterocycles. The predicted molar refractivity (Wildman–Crippen MR) is 72.7 cm³/mol. The molecule has 3 atom stereocenters. The number of thiophene rings is 1. The Morgan fingerprint density at radius 1 is 1.32 bits per heavy atom. The van der Waals surface area contributed by atoms with Gasteiger partial charge in [-0.3, -0.25) is 0 Å². The molecule has 6 heteroatoms. The molecule has 2 rings (SSSR count). The summed E-state index contributed by atoms with van der Waals surface area (Å²) in [4.78, 5) is 0.983. The lowest BCUT2D eigenvalue weighted by Crippen LogP contribution is -2.46. The van der Waals surface area contributed by atoms with Crippen LogP contribution in [0.5, 0.6) is 0 Å². The third-order valence-corrected chi connectivity index (χ3v) is 5.09. The lowest BCUT2D eigenvalue weighted by atomic mass is 9.83. The molecule has 1 N–H and O–H groups in total. The Morgan fingerprint density at radius 3 is 2.58 bits per heavy atom. The number of halogens is 4. The minimum atomic E-state index is -4.11. The molecular weight excluding hydrogens is 295 g/mol. The maximum absolute atomic E-state index is 13.0. The largest absolute Gasteiger partial charge is 0.393 e. The third-order valence-electron chi connectivity index (χ3n) is 3.67. The molecule has 1 aliphatic carbocycles. The molecule has 0 amide bonds. The van der Waals surface area contributed by atoms with Gasteiger partial charge in [0.15, 0.2) is 0 Å². The number of nitrogens with one attached hydrogen (secondary N) is 1. The van der Waals surface area contributed by atoms with Crippen molar-refractivity contribution in [2.24, 2.45) is 5.92 Å². The fourth-order valence-electron chi connectivity index (χ4n) is 2.69. The summed E-state index contributed by atoms with van der Waals surface area (Å²) in [7, 11) is 0. The molecule has 1 nitrogen and oxygen atoms in total. The Hall–Kier alpha value is -0.260. The first-order chi connectivity index (χ1) is 8.88. The van der Waals surface area contributed by atoms with Gasteiger partial charge >= 0.3 is 6.18 Å². The van der Waals surface area contributed by atoms with Gasteiger partial charge < -0.3 is 5.32 Å². The van der Waals surface area contributed by atoms with E-state index in [2.05, 4.69) is 5.32 Å². The summed E-state index contributed by atoms with van der Waals surface area (Å²) >= 11 is 7.27. The summed E-state index contributed by atoms with van der Waals surface area (Å²) in [5.74, 6) is -1.22.